The van der Waals surface area contributed by atoms with Crippen molar-refractivity contribution >= 4 is 29.1 Å². The third kappa shape index (κ3) is 3.07. The second kappa shape index (κ2) is 7.59. The lowest BCUT2D eigenvalue weighted by Gasteiger charge is -2.29. The highest BCUT2D eigenvalue weighted by molar-refractivity contribution is 6.31. The molecule has 0 saturated carbocycles. The zero-order valence-corrected chi connectivity index (χ0v) is 16.8. The van der Waals surface area contributed by atoms with Gasteiger partial charge in [0.05, 0.1) is 18.3 Å². The van der Waals surface area contributed by atoms with Crippen LogP contribution in [-0.2, 0) is 21.0 Å². The van der Waals surface area contributed by atoms with E-state index < -0.39 is 18.1 Å². The van der Waals surface area contributed by atoms with E-state index in [1.807, 2.05) is 78.9 Å². The first-order valence-corrected chi connectivity index (χ1v) is 10.2. The highest BCUT2D eigenvalue weighted by Crippen LogP contribution is 2.48. The fourth-order valence-electron chi connectivity index (χ4n) is 4.22. The molecule has 5 nitrogen and oxygen atoms in total. The van der Waals surface area contributed by atoms with Gasteiger partial charge < -0.3 is 0 Å². The molecule has 5 rings (SSSR count). The highest BCUT2D eigenvalue weighted by atomic mass is 35.5. The Hall–Kier alpha value is -3.15. The maximum absolute atomic E-state index is 13.4. The molecule has 2 aliphatic rings. The molecule has 0 bridgehead atoms. The summed E-state index contributed by atoms with van der Waals surface area (Å²) in [5, 5.41) is 2.20. The molecule has 3 atom stereocenters. The topological polar surface area (TPSA) is 49.9 Å². The first-order valence-electron chi connectivity index (χ1n) is 9.80. The van der Waals surface area contributed by atoms with Crippen molar-refractivity contribution in [2.75, 3.05) is 5.06 Å². The van der Waals surface area contributed by atoms with Gasteiger partial charge in [0.1, 0.15) is 5.92 Å². The van der Waals surface area contributed by atoms with Crippen molar-refractivity contribution < 1.29 is 14.4 Å². The molecule has 0 radical (unpaired) electrons. The number of carbonyl (C=O) groups is 2. The quantitative estimate of drug-likeness (QED) is 0.590. The summed E-state index contributed by atoms with van der Waals surface area (Å²) in [6.45, 7) is 0.232. The highest BCUT2D eigenvalue weighted by Gasteiger charge is 2.60. The number of hydrogen-bond donors (Lipinski definition) is 0. The van der Waals surface area contributed by atoms with Gasteiger partial charge >= 0.3 is 0 Å². The molecule has 0 aliphatic carbocycles. The molecule has 30 heavy (non-hydrogen) atoms. The summed E-state index contributed by atoms with van der Waals surface area (Å²) in [5.74, 6) is -1.22. The fourth-order valence-corrected chi connectivity index (χ4v) is 4.47. The van der Waals surface area contributed by atoms with Crippen LogP contribution in [0.1, 0.15) is 17.2 Å². The molecule has 2 heterocycles. The molecule has 6 heteroatoms. The third-order valence-electron chi connectivity index (χ3n) is 5.62. The number of rotatable bonds is 4. The van der Waals surface area contributed by atoms with Gasteiger partial charge in [-0.05, 0) is 29.3 Å². The van der Waals surface area contributed by atoms with Crippen LogP contribution in [0.4, 0.5) is 5.69 Å². The number of anilines is 1. The monoisotopic (exact) mass is 418 g/mol. The smallest absolute Gasteiger partial charge is 0.262 e. The standard InChI is InChI=1S/C24H19ClN2O3/c25-19-14-8-7-13-18(19)21-20-22(30-27(21)17-11-5-2-6-12-17)24(29)26(23(20)28)15-16-9-3-1-4-10-16/h1-14,20-22H,15H2/t20-,21+,22-/m0/s1. The van der Waals surface area contributed by atoms with Crippen LogP contribution < -0.4 is 5.06 Å². The Morgan fingerprint density at radius 1 is 0.800 bits per heavy atom. The van der Waals surface area contributed by atoms with Crippen molar-refractivity contribution in [3.8, 4) is 0 Å². The molecule has 3 aromatic carbocycles. The van der Waals surface area contributed by atoms with Crippen molar-refractivity contribution in [3.05, 3.63) is 101 Å². The van der Waals surface area contributed by atoms with Crippen LogP contribution in [0.25, 0.3) is 0 Å². The molecule has 0 spiro atoms. The van der Waals surface area contributed by atoms with E-state index in [0.29, 0.717) is 5.02 Å². The number of nitrogens with zero attached hydrogens (tertiary/aromatic N) is 2. The number of fused-ring (bicyclic) bond motifs is 1. The van der Waals surface area contributed by atoms with Gasteiger partial charge in [0.25, 0.3) is 5.91 Å². The number of likely N-dealkylation sites (tertiary alicyclic amines) is 1. The van der Waals surface area contributed by atoms with E-state index in [1.54, 1.807) is 11.1 Å². The average Bonchev–Trinajstić information content (AvgIpc) is 3.27. The Balaban J connectivity index is 1.54. The predicted molar refractivity (Wildman–Crippen MR) is 113 cm³/mol. The van der Waals surface area contributed by atoms with Crippen LogP contribution in [0.2, 0.25) is 5.02 Å². The summed E-state index contributed by atoms with van der Waals surface area (Å²) in [7, 11) is 0. The Morgan fingerprint density at radius 2 is 1.43 bits per heavy atom. The molecule has 150 valence electrons. The molecule has 2 aliphatic heterocycles. The van der Waals surface area contributed by atoms with E-state index >= 15 is 0 Å². The molecule has 0 N–H and O–H groups in total. The lowest BCUT2D eigenvalue weighted by Crippen LogP contribution is -2.37. The summed E-state index contributed by atoms with van der Waals surface area (Å²) in [6, 6.07) is 25.8. The Bertz CT molecular complexity index is 1090. The van der Waals surface area contributed by atoms with Crippen LogP contribution in [-0.4, -0.2) is 22.8 Å². The lowest BCUT2D eigenvalue weighted by molar-refractivity contribution is -0.143. The molecular formula is C24H19ClN2O3. The van der Waals surface area contributed by atoms with E-state index in [1.165, 1.54) is 4.90 Å². The van der Waals surface area contributed by atoms with Crippen molar-refractivity contribution in [2.45, 2.75) is 18.7 Å². The molecule has 0 unspecified atom stereocenters. The summed E-state index contributed by atoms with van der Waals surface area (Å²) in [5.41, 5.74) is 2.43. The number of imide groups is 1. The van der Waals surface area contributed by atoms with Gasteiger partial charge in [-0.3, -0.25) is 19.3 Å². The molecule has 3 aromatic rings. The SMILES string of the molecule is O=C1[C@@H]2[C@H](ON(c3ccccc3)[C@@H]2c2ccccc2Cl)C(=O)N1Cc1ccccc1. The van der Waals surface area contributed by atoms with Crippen LogP contribution in [0, 0.1) is 5.92 Å². The zero-order valence-electron chi connectivity index (χ0n) is 16.0. The minimum atomic E-state index is -0.873. The fraction of sp³-hybridized carbons (Fsp3) is 0.167. The van der Waals surface area contributed by atoms with Crippen molar-refractivity contribution in [2.24, 2.45) is 5.92 Å². The van der Waals surface area contributed by atoms with Crippen LogP contribution in [0.3, 0.4) is 0 Å². The summed E-state index contributed by atoms with van der Waals surface area (Å²) < 4.78 is 0. The number of hydroxylamine groups is 1. The number of carbonyl (C=O) groups excluding carboxylic acids is 2. The number of benzene rings is 3. The summed E-state index contributed by atoms with van der Waals surface area (Å²) in [4.78, 5) is 34.0. The Kier molecular flexibility index (Phi) is 4.77. The van der Waals surface area contributed by atoms with Crippen molar-refractivity contribution in [1.29, 1.82) is 0 Å². The largest absolute Gasteiger partial charge is 0.275 e. The number of amides is 2. The Morgan fingerprint density at radius 3 is 2.13 bits per heavy atom. The number of para-hydroxylation sites is 1. The van der Waals surface area contributed by atoms with E-state index in [4.69, 9.17) is 16.4 Å². The minimum Gasteiger partial charge on any atom is -0.275 e. The predicted octanol–water partition coefficient (Wildman–Crippen LogP) is 4.39. The van der Waals surface area contributed by atoms with Gasteiger partial charge in [-0.1, -0.05) is 78.3 Å². The maximum Gasteiger partial charge on any atom is 0.262 e. The van der Waals surface area contributed by atoms with Gasteiger partial charge in [-0.15, -0.1) is 0 Å². The first kappa shape index (κ1) is 18.9. The second-order valence-corrected chi connectivity index (χ2v) is 7.83. The molecule has 2 amide bonds. The molecule has 2 saturated heterocycles. The van der Waals surface area contributed by atoms with Crippen molar-refractivity contribution in [1.82, 2.24) is 4.90 Å². The van der Waals surface area contributed by atoms with Crippen LogP contribution >= 0.6 is 11.6 Å². The van der Waals surface area contributed by atoms with Crippen LogP contribution in [0.5, 0.6) is 0 Å². The molecule has 2 fully saturated rings. The first-order chi connectivity index (χ1) is 14.6. The van der Waals surface area contributed by atoms with Crippen LogP contribution in [0.15, 0.2) is 84.9 Å². The van der Waals surface area contributed by atoms with Crippen molar-refractivity contribution in [3.63, 3.8) is 0 Å². The Labute approximate surface area is 179 Å². The molecule has 0 aromatic heterocycles. The van der Waals surface area contributed by atoms with Gasteiger partial charge in [0.15, 0.2) is 6.10 Å². The normalized spacial score (nSPS) is 23.2. The van der Waals surface area contributed by atoms with Gasteiger partial charge in [-0.25, -0.2) is 5.06 Å². The van der Waals surface area contributed by atoms with E-state index in [2.05, 4.69) is 0 Å². The molecular weight excluding hydrogens is 400 g/mol. The van der Waals surface area contributed by atoms with Gasteiger partial charge in [0.2, 0.25) is 5.91 Å². The van der Waals surface area contributed by atoms with Gasteiger partial charge in [-0.2, -0.15) is 0 Å². The number of halogens is 1. The van der Waals surface area contributed by atoms with Gasteiger partial charge in [0, 0.05) is 5.02 Å². The maximum atomic E-state index is 13.4. The number of hydrogen-bond acceptors (Lipinski definition) is 4. The summed E-state index contributed by atoms with van der Waals surface area (Å²) >= 11 is 6.51. The summed E-state index contributed by atoms with van der Waals surface area (Å²) in [6.07, 6.45) is -0.873. The average molecular weight is 419 g/mol. The lowest BCUT2D eigenvalue weighted by atomic mass is 9.90. The van der Waals surface area contributed by atoms with E-state index in [9.17, 15) is 9.59 Å². The van der Waals surface area contributed by atoms with E-state index in [-0.39, 0.29) is 18.4 Å². The third-order valence-corrected chi connectivity index (χ3v) is 5.97. The minimum absolute atomic E-state index is 0.232. The van der Waals surface area contributed by atoms with E-state index in [0.717, 1.165) is 16.8 Å². The second-order valence-electron chi connectivity index (χ2n) is 7.43. The zero-order chi connectivity index (χ0) is 20.7.